The predicted molar refractivity (Wildman–Crippen MR) is 102 cm³/mol. The highest BCUT2D eigenvalue weighted by atomic mass is 16.6. The second kappa shape index (κ2) is 7.30. The molecular weight excluding hydrogens is 338 g/mol. The van der Waals surface area contributed by atoms with Gasteiger partial charge in [-0.1, -0.05) is 91.0 Å². The normalized spacial score (nSPS) is 13.6. The molecule has 1 aliphatic rings. The molecule has 0 saturated carbocycles. The van der Waals surface area contributed by atoms with Gasteiger partial charge in [-0.25, -0.2) is 4.79 Å². The Morgan fingerprint density at radius 3 is 1.70 bits per heavy atom. The van der Waals surface area contributed by atoms with Gasteiger partial charge in [0.2, 0.25) is 5.88 Å². The van der Waals surface area contributed by atoms with Crippen LogP contribution in [-0.4, -0.2) is 16.8 Å². The van der Waals surface area contributed by atoms with Gasteiger partial charge in [0.25, 0.3) is 0 Å². The second-order valence-electron chi connectivity index (χ2n) is 6.18. The minimum absolute atomic E-state index is 0.268. The molecule has 1 fully saturated rings. The molecule has 1 saturated heterocycles. The Bertz CT molecular complexity index is 954. The van der Waals surface area contributed by atoms with Gasteiger partial charge in [0.1, 0.15) is 0 Å². The van der Waals surface area contributed by atoms with E-state index in [-0.39, 0.29) is 12.4 Å². The van der Waals surface area contributed by atoms with Crippen molar-refractivity contribution >= 4 is 17.4 Å². The minimum atomic E-state index is -0.856. The molecule has 1 heterocycles. The zero-order valence-corrected chi connectivity index (χ0v) is 14.5. The Kier molecular flexibility index (Phi) is 4.54. The van der Waals surface area contributed by atoms with Crippen molar-refractivity contribution in [3.63, 3.8) is 0 Å². The van der Waals surface area contributed by atoms with E-state index in [9.17, 15) is 9.59 Å². The van der Waals surface area contributed by atoms with Gasteiger partial charge < -0.3 is 4.74 Å². The van der Waals surface area contributed by atoms with Gasteiger partial charge in [0, 0.05) is 0 Å². The summed E-state index contributed by atoms with van der Waals surface area (Å²) in [5.41, 5.74) is 3.38. The van der Waals surface area contributed by atoms with Crippen molar-refractivity contribution in [3.8, 4) is 0 Å². The van der Waals surface area contributed by atoms with Crippen molar-refractivity contribution < 1.29 is 14.3 Å². The van der Waals surface area contributed by atoms with E-state index in [1.165, 1.54) is 4.90 Å². The van der Waals surface area contributed by atoms with E-state index >= 15 is 0 Å². The van der Waals surface area contributed by atoms with E-state index in [2.05, 4.69) is 0 Å². The lowest BCUT2D eigenvalue weighted by Crippen LogP contribution is -2.26. The molecule has 4 nitrogen and oxygen atoms in total. The third-order valence-corrected chi connectivity index (χ3v) is 4.38. The quantitative estimate of drug-likeness (QED) is 0.525. The molecule has 0 bridgehead atoms. The lowest BCUT2D eigenvalue weighted by atomic mass is 9.98. The molecule has 3 aromatic carbocycles. The van der Waals surface area contributed by atoms with Crippen LogP contribution in [0.5, 0.6) is 0 Å². The molecule has 27 heavy (non-hydrogen) atoms. The summed E-state index contributed by atoms with van der Waals surface area (Å²) in [7, 11) is 0. The van der Waals surface area contributed by atoms with E-state index in [0.717, 1.165) is 16.7 Å². The van der Waals surface area contributed by atoms with Gasteiger partial charge in [-0.15, -0.1) is 0 Å². The highest BCUT2D eigenvalue weighted by Crippen LogP contribution is 2.33. The molecule has 4 rings (SSSR count). The largest absolute Gasteiger partial charge is 0.404 e. The fraction of sp³-hybridized carbons (Fsp3) is 0.0435. The number of hydrogen-bond donors (Lipinski definition) is 0. The van der Waals surface area contributed by atoms with Crippen LogP contribution in [-0.2, 0) is 20.9 Å². The Hall–Kier alpha value is -3.66. The average Bonchev–Trinajstić information content (AvgIpc) is 2.99. The predicted octanol–water partition coefficient (Wildman–Crippen LogP) is 3.99. The number of nitrogens with zero attached hydrogens (tertiary/aromatic N) is 1. The van der Waals surface area contributed by atoms with Crippen molar-refractivity contribution in [2.45, 2.75) is 6.54 Å². The highest BCUT2D eigenvalue weighted by molar-refractivity contribution is 6.35. The molecule has 0 unspecified atom stereocenters. The average molecular weight is 355 g/mol. The molecule has 0 radical (unpaired) electrons. The molecule has 1 amide bonds. The van der Waals surface area contributed by atoms with Crippen molar-refractivity contribution in [3.05, 3.63) is 114 Å². The molecular formula is C23H17NO3. The number of amides is 1. The van der Waals surface area contributed by atoms with E-state index in [1.54, 1.807) is 0 Å². The molecule has 3 aromatic rings. The van der Waals surface area contributed by atoms with Crippen LogP contribution in [0.4, 0.5) is 0 Å². The fourth-order valence-corrected chi connectivity index (χ4v) is 3.11. The van der Waals surface area contributed by atoms with E-state index in [4.69, 9.17) is 4.74 Å². The van der Waals surface area contributed by atoms with Gasteiger partial charge in [-0.05, 0) is 16.7 Å². The summed E-state index contributed by atoms with van der Waals surface area (Å²) in [5, 5.41) is 0. The maximum Gasteiger partial charge on any atom is 0.404 e. The van der Waals surface area contributed by atoms with Gasteiger partial charge in [-0.3, -0.25) is 9.69 Å². The van der Waals surface area contributed by atoms with Crippen molar-refractivity contribution in [1.29, 1.82) is 0 Å². The summed E-state index contributed by atoms with van der Waals surface area (Å²) < 4.78 is 5.45. The van der Waals surface area contributed by atoms with Crippen LogP contribution < -0.4 is 0 Å². The van der Waals surface area contributed by atoms with Gasteiger partial charge in [0.15, 0.2) is 0 Å². The summed E-state index contributed by atoms with van der Waals surface area (Å²) in [6, 6.07) is 28.8. The number of hydrogen-bond acceptors (Lipinski definition) is 3. The van der Waals surface area contributed by atoms with E-state index in [0.29, 0.717) is 5.57 Å². The molecule has 132 valence electrons. The second-order valence-corrected chi connectivity index (χ2v) is 6.18. The van der Waals surface area contributed by atoms with Gasteiger partial charge >= 0.3 is 11.9 Å². The molecule has 0 N–H and O–H groups in total. The maximum atomic E-state index is 12.5. The van der Waals surface area contributed by atoms with Crippen molar-refractivity contribution in [2.24, 2.45) is 0 Å². The summed E-state index contributed by atoms with van der Waals surface area (Å²) in [6.07, 6.45) is 0. The molecule has 0 atom stereocenters. The highest BCUT2D eigenvalue weighted by Gasteiger charge is 2.39. The molecule has 0 aliphatic carbocycles. The zero-order valence-electron chi connectivity index (χ0n) is 14.5. The summed E-state index contributed by atoms with van der Waals surface area (Å²) >= 11 is 0. The SMILES string of the molecule is O=C1OC(=C(c2ccccc2)c2ccccc2)N(Cc2ccccc2)C1=O. The summed E-state index contributed by atoms with van der Waals surface area (Å²) in [4.78, 5) is 26.0. The number of cyclic esters (lactones) is 1. The molecule has 1 aliphatic heterocycles. The summed E-state index contributed by atoms with van der Waals surface area (Å²) in [6.45, 7) is 0.268. The first-order chi connectivity index (χ1) is 13.2. The monoisotopic (exact) mass is 355 g/mol. The first-order valence-electron chi connectivity index (χ1n) is 8.67. The smallest absolute Gasteiger partial charge is 0.401 e. The van der Waals surface area contributed by atoms with Crippen LogP contribution in [0.15, 0.2) is 96.9 Å². The van der Waals surface area contributed by atoms with Crippen LogP contribution in [0.2, 0.25) is 0 Å². The number of carbonyl (C=O) groups is 2. The molecule has 0 spiro atoms. The number of rotatable bonds is 4. The number of benzene rings is 3. The Morgan fingerprint density at radius 1 is 0.704 bits per heavy atom. The maximum absolute atomic E-state index is 12.5. The summed E-state index contributed by atoms with van der Waals surface area (Å²) in [5.74, 6) is -1.24. The van der Waals surface area contributed by atoms with Crippen molar-refractivity contribution in [1.82, 2.24) is 4.90 Å². The fourth-order valence-electron chi connectivity index (χ4n) is 3.11. The van der Waals surface area contributed by atoms with E-state index in [1.807, 2.05) is 91.0 Å². The molecule has 4 heteroatoms. The lowest BCUT2D eigenvalue weighted by molar-refractivity contribution is -0.147. The standard InChI is InChI=1S/C23H17NO3/c25-21-23(26)27-22(24(21)16-17-10-4-1-5-11-17)20(18-12-6-2-7-13-18)19-14-8-3-9-15-19/h1-15H,16H2. The van der Waals surface area contributed by atoms with Crippen molar-refractivity contribution in [2.75, 3.05) is 0 Å². The van der Waals surface area contributed by atoms with Crippen LogP contribution in [0.1, 0.15) is 16.7 Å². The topological polar surface area (TPSA) is 46.6 Å². The lowest BCUT2D eigenvalue weighted by Gasteiger charge is -2.19. The minimum Gasteiger partial charge on any atom is -0.401 e. The van der Waals surface area contributed by atoms with Gasteiger partial charge in [-0.2, -0.15) is 0 Å². The Morgan fingerprint density at radius 2 is 1.19 bits per heavy atom. The number of carbonyl (C=O) groups excluding carboxylic acids is 2. The van der Waals surface area contributed by atoms with E-state index < -0.39 is 11.9 Å². The number of ether oxygens (including phenoxy) is 1. The van der Waals surface area contributed by atoms with Crippen LogP contribution in [0.3, 0.4) is 0 Å². The van der Waals surface area contributed by atoms with Crippen LogP contribution >= 0.6 is 0 Å². The first kappa shape index (κ1) is 16.8. The zero-order chi connectivity index (χ0) is 18.6. The third-order valence-electron chi connectivity index (χ3n) is 4.38. The first-order valence-corrected chi connectivity index (χ1v) is 8.67. The Labute approximate surface area is 157 Å². The number of esters is 1. The van der Waals surface area contributed by atoms with Crippen LogP contribution in [0.25, 0.3) is 5.57 Å². The van der Waals surface area contributed by atoms with Gasteiger partial charge in [0.05, 0.1) is 12.1 Å². The third kappa shape index (κ3) is 3.37. The Balaban J connectivity index is 1.88. The molecule has 0 aromatic heterocycles. The van der Waals surface area contributed by atoms with Crippen LogP contribution in [0, 0.1) is 0 Å².